The van der Waals surface area contributed by atoms with Gasteiger partial charge in [-0.2, -0.15) is 0 Å². The lowest BCUT2D eigenvalue weighted by molar-refractivity contribution is 0.414. The number of hydrogen-bond acceptors (Lipinski definition) is 3. The number of rotatable bonds is 5. The van der Waals surface area contributed by atoms with Crippen LogP contribution in [0.25, 0.3) is 0 Å². The summed E-state index contributed by atoms with van der Waals surface area (Å²) in [5.41, 5.74) is 7.89. The molecule has 1 aliphatic heterocycles. The fraction of sp³-hybridized carbons (Fsp3) is 0.571. The first-order chi connectivity index (χ1) is 8.66. The van der Waals surface area contributed by atoms with E-state index in [1.807, 2.05) is 12.1 Å². The van der Waals surface area contributed by atoms with Crippen LogP contribution in [0.15, 0.2) is 24.3 Å². The summed E-state index contributed by atoms with van der Waals surface area (Å²) in [6.07, 6.45) is 1.05. The Morgan fingerprint density at radius 3 is 2.33 bits per heavy atom. The molecule has 1 saturated heterocycles. The maximum absolute atomic E-state index is 5.86. The predicted molar refractivity (Wildman–Crippen MR) is 76.7 cm³/mol. The number of nitrogens with one attached hydrogen (secondary N) is 3. The summed E-state index contributed by atoms with van der Waals surface area (Å²) in [6.45, 7) is 6.51. The lowest BCUT2D eigenvalue weighted by Gasteiger charge is -2.18. The van der Waals surface area contributed by atoms with Crippen LogP contribution >= 0.6 is 11.6 Å². The molecule has 2 unspecified atom stereocenters. The summed E-state index contributed by atoms with van der Waals surface area (Å²) >= 11 is 5.86. The van der Waals surface area contributed by atoms with Crippen molar-refractivity contribution >= 4 is 11.6 Å². The molecule has 1 heterocycles. The van der Waals surface area contributed by atoms with Crippen molar-refractivity contribution in [2.24, 2.45) is 5.92 Å². The molecule has 2 atom stereocenters. The van der Waals surface area contributed by atoms with Crippen molar-refractivity contribution < 1.29 is 0 Å². The molecular formula is C14H22ClN3. The van der Waals surface area contributed by atoms with Crippen LogP contribution in [-0.2, 0) is 6.42 Å². The van der Waals surface area contributed by atoms with Gasteiger partial charge in [-0.15, -0.1) is 0 Å². The highest BCUT2D eigenvalue weighted by Gasteiger charge is 2.28. The van der Waals surface area contributed by atoms with Gasteiger partial charge in [-0.25, -0.2) is 0 Å². The fourth-order valence-electron chi connectivity index (χ4n) is 2.42. The lowest BCUT2D eigenvalue weighted by Crippen LogP contribution is -2.34. The SMILES string of the molecule is CC1NNC(C)C1CNCCc1ccc(Cl)cc1. The van der Waals surface area contributed by atoms with Gasteiger partial charge in [0.2, 0.25) is 0 Å². The van der Waals surface area contributed by atoms with E-state index in [1.165, 1.54) is 5.56 Å². The molecular weight excluding hydrogens is 246 g/mol. The first-order valence-electron chi connectivity index (χ1n) is 6.63. The van der Waals surface area contributed by atoms with Crippen LogP contribution in [0.4, 0.5) is 0 Å². The molecule has 0 radical (unpaired) electrons. The summed E-state index contributed by atoms with van der Waals surface area (Å²) < 4.78 is 0. The highest BCUT2D eigenvalue weighted by molar-refractivity contribution is 6.30. The minimum atomic E-state index is 0.531. The lowest BCUT2D eigenvalue weighted by atomic mass is 9.97. The van der Waals surface area contributed by atoms with Crippen molar-refractivity contribution in [1.82, 2.24) is 16.2 Å². The van der Waals surface area contributed by atoms with Gasteiger partial charge in [-0.05, 0) is 44.5 Å². The topological polar surface area (TPSA) is 36.1 Å². The van der Waals surface area contributed by atoms with E-state index in [2.05, 4.69) is 42.1 Å². The Labute approximate surface area is 114 Å². The van der Waals surface area contributed by atoms with E-state index in [9.17, 15) is 0 Å². The Kier molecular flexibility index (Phi) is 5.01. The van der Waals surface area contributed by atoms with Crippen LogP contribution in [0.3, 0.4) is 0 Å². The molecule has 0 spiro atoms. The van der Waals surface area contributed by atoms with Gasteiger partial charge in [-0.3, -0.25) is 10.9 Å². The summed E-state index contributed by atoms with van der Waals surface area (Å²) in [6, 6.07) is 9.14. The number of hydrogen-bond donors (Lipinski definition) is 3. The van der Waals surface area contributed by atoms with Crippen LogP contribution in [0.2, 0.25) is 5.02 Å². The monoisotopic (exact) mass is 267 g/mol. The minimum Gasteiger partial charge on any atom is -0.316 e. The number of hydrazine groups is 1. The van der Waals surface area contributed by atoms with Gasteiger partial charge in [0.25, 0.3) is 0 Å². The zero-order valence-corrected chi connectivity index (χ0v) is 11.8. The second kappa shape index (κ2) is 6.53. The molecule has 18 heavy (non-hydrogen) atoms. The largest absolute Gasteiger partial charge is 0.316 e. The highest BCUT2D eigenvalue weighted by Crippen LogP contribution is 2.13. The molecule has 1 fully saturated rings. The molecule has 3 N–H and O–H groups in total. The van der Waals surface area contributed by atoms with Crippen LogP contribution in [-0.4, -0.2) is 25.2 Å². The molecule has 4 heteroatoms. The fourth-order valence-corrected chi connectivity index (χ4v) is 2.54. The van der Waals surface area contributed by atoms with E-state index in [0.717, 1.165) is 24.5 Å². The molecule has 2 rings (SSSR count). The van der Waals surface area contributed by atoms with E-state index >= 15 is 0 Å². The van der Waals surface area contributed by atoms with Gasteiger partial charge in [0, 0.05) is 29.6 Å². The molecule has 1 aliphatic rings. The third-order valence-corrected chi connectivity index (χ3v) is 3.96. The van der Waals surface area contributed by atoms with Crippen molar-refractivity contribution in [1.29, 1.82) is 0 Å². The van der Waals surface area contributed by atoms with Crippen LogP contribution in [0.5, 0.6) is 0 Å². The Balaban J connectivity index is 1.68. The van der Waals surface area contributed by atoms with E-state index < -0.39 is 0 Å². The Morgan fingerprint density at radius 1 is 1.11 bits per heavy atom. The van der Waals surface area contributed by atoms with Crippen molar-refractivity contribution in [3.05, 3.63) is 34.9 Å². The molecule has 0 bridgehead atoms. The maximum atomic E-state index is 5.86. The van der Waals surface area contributed by atoms with Gasteiger partial charge in [-0.1, -0.05) is 23.7 Å². The minimum absolute atomic E-state index is 0.531. The zero-order chi connectivity index (χ0) is 13.0. The van der Waals surface area contributed by atoms with E-state index in [1.54, 1.807) is 0 Å². The average Bonchev–Trinajstić information content (AvgIpc) is 2.68. The van der Waals surface area contributed by atoms with Crippen molar-refractivity contribution in [3.63, 3.8) is 0 Å². The van der Waals surface area contributed by atoms with Crippen molar-refractivity contribution in [3.8, 4) is 0 Å². The Morgan fingerprint density at radius 2 is 1.72 bits per heavy atom. The first kappa shape index (κ1) is 13.8. The number of benzene rings is 1. The average molecular weight is 268 g/mol. The molecule has 1 aromatic rings. The summed E-state index contributed by atoms with van der Waals surface area (Å²) in [4.78, 5) is 0. The van der Waals surface area contributed by atoms with E-state index in [-0.39, 0.29) is 0 Å². The molecule has 3 nitrogen and oxygen atoms in total. The second-order valence-electron chi connectivity index (χ2n) is 5.11. The summed E-state index contributed by atoms with van der Waals surface area (Å²) in [5, 5.41) is 4.34. The van der Waals surface area contributed by atoms with Crippen molar-refractivity contribution in [2.75, 3.05) is 13.1 Å². The van der Waals surface area contributed by atoms with Crippen molar-refractivity contribution in [2.45, 2.75) is 32.4 Å². The molecule has 0 aliphatic carbocycles. The van der Waals surface area contributed by atoms with E-state index in [4.69, 9.17) is 11.6 Å². The third kappa shape index (κ3) is 3.69. The second-order valence-corrected chi connectivity index (χ2v) is 5.55. The van der Waals surface area contributed by atoms with Crippen LogP contribution in [0, 0.1) is 5.92 Å². The molecule has 0 aromatic heterocycles. The molecule has 0 saturated carbocycles. The molecule has 0 amide bonds. The van der Waals surface area contributed by atoms with Gasteiger partial charge in [0.15, 0.2) is 0 Å². The molecule has 1 aromatic carbocycles. The van der Waals surface area contributed by atoms with E-state index in [0.29, 0.717) is 18.0 Å². The van der Waals surface area contributed by atoms with Crippen LogP contribution in [0.1, 0.15) is 19.4 Å². The molecule has 100 valence electrons. The first-order valence-corrected chi connectivity index (χ1v) is 7.01. The van der Waals surface area contributed by atoms with Crippen LogP contribution < -0.4 is 16.2 Å². The standard InChI is InChI=1S/C14H22ClN3/c1-10-14(11(2)18-17-10)9-16-8-7-12-3-5-13(15)6-4-12/h3-6,10-11,14,16-18H,7-9H2,1-2H3. The van der Waals surface area contributed by atoms with Gasteiger partial charge in [0.1, 0.15) is 0 Å². The smallest absolute Gasteiger partial charge is 0.0406 e. The Hall–Kier alpha value is -0.610. The van der Waals surface area contributed by atoms with Gasteiger partial charge < -0.3 is 5.32 Å². The normalized spacial score (nSPS) is 27.6. The summed E-state index contributed by atoms with van der Waals surface area (Å²) in [7, 11) is 0. The quantitative estimate of drug-likeness (QED) is 0.714. The predicted octanol–water partition coefficient (Wildman–Crippen LogP) is 1.97. The third-order valence-electron chi connectivity index (χ3n) is 3.71. The highest BCUT2D eigenvalue weighted by atomic mass is 35.5. The van der Waals surface area contributed by atoms with Gasteiger partial charge >= 0.3 is 0 Å². The Bertz CT molecular complexity index is 356. The van der Waals surface area contributed by atoms with Gasteiger partial charge in [0.05, 0.1) is 0 Å². The summed E-state index contributed by atoms with van der Waals surface area (Å²) in [5.74, 6) is 0.648. The zero-order valence-electron chi connectivity index (χ0n) is 11.0. The number of halogens is 1. The maximum Gasteiger partial charge on any atom is 0.0406 e.